The van der Waals surface area contributed by atoms with Crippen molar-refractivity contribution in [2.24, 2.45) is 5.92 Å². The van der Waals surface area contributed by atoms with Gasteiger partial charge in [-0.1, -0.05) is 31.5 Å². The summed E-state index contributed by atoms with van der Waals surface area (Å²) in [5, 5.41) is 2.79. The van der Waals surface area contributed by atoms with E-state index in [2.05, 4.69) is 5.32 Å². The van der Waals surface area contributed by atoms with Crippen molar-refractivity contribution in [3.63, 3.8) is 0 Å². The third-order valence-electron chi connectivity index (χ3n) is 2.81. The van der Waals surface area contributed by atoms with Gasteiger partial charge in [0, 0.05) is 4.90 Å². The Morgan fingerprint density at radius 1 is 1.21 bits per heavy atom. The van der Waals surface area contributed by atoms with Crippen LogP contribution in [0.3, 0.4) is 0 Å². The van der Waals surface area contributed by atoms with Crippen LogP contribution in [0.2, 0.25) is 0 Å². The monoisotopic (exact) mass is 279 g/mol. The van der Waals surface area contributed by atoms with Crippen LogP contribution in [-0.4, -0.2) is 23.5 Å². The van der Waals surface area contributed by atoms with E-state index in [4.69, 9.17) is 0 Å². The molecule has 0 aliphatic rings. The van der Waals surface area contributed by atoms with Gasteiger partial charge >= 0.3 is 0 Å². The molecule has 1 unspecified atom stereocenters. The summed E-state index contributed by atoms with van der Waals surface area (Å²) in [6, 6.07) is 7.65. The average molecular weight is 279 g/mol. The molecule has 104 valence electrons. The normalized spacial score (nSPS) is 12.3. The van der Waals surface area contributed by atoms with Crippen LogP contribution in [0.25, 0.3) is 0 Å². The highest BCUT2D eigenvalue weighted by atomic mass is 32.2. The number of Topliss-reactive ketones (excluding diaryl/α,β-unsaturated/α-hetero) is 1. The quantitative estimate of drug-likeness (QED) is 0.815. The van der Waals surface area contributed by atoms with Gasteiger partial charge in [-0.05, 0) is 31.9 Å². The fourth-order valence-corrected chi connectivity index (χ4v) is 2.45. The molecule has 3 nitrogen and oxygen atoms in total. The van der Waals surface area contributed by atoms with E-state index in [1.807, 2.05) is 45.0 Å². The molecule has 0 aliphatic heterocycles. The van der Waals surface area contributed by atoms with Crippen molar-refractivity contribution < 1.29 is 9.59 Å². The summed E-state index contributed by atoms with van der Waals surface area (Å²) in [4.78, 5) is 24.3. The number of rotatable bonds is 6. The number of amides is 1. The summed E-state index contributed by atoms with van der Waals surface area (Å²) < 4.78 is 0. The number of nitrogens with one attached hydrogen (secondary N) is 1. The Morgan fingerprint density at radius 2 is 1.79 bits per heavy atom. The summed E-state index contributed by atoms with van der Waals surface area (Å²) in [7, 11) is 0. The Balaban J connectivity index is 2.47. The zero-order chi connectivity index (χ0) is 14.4. The van der Waals surface area contributed by atoms with Crippen LogP contribution in [-0.2, 0) is 9.59 Å². The summed E-state index contributed by atoms with van der Waals surface area (Å²) in [5.74, 6) is 0.355. The van der Waals surface area contributed by atoms with Crippen molar-refractivity contribution in [2.75, 3.05) is 5.75 Å². The highest BCUT2D eigenvalue weighted by Gasteiger charge is 2.20. The van der Waals surface area contributed by atoms with Crippen LogP contribution in [0.1, 0.15) is 26.3 Å². The number of hydrogen-bond acceptors (Lipinski definition) is 3. The van der Waals surface area contributed by atoms with Gasteiger partial charge in [0.2, 0.25) is 5.91 Å². The second-order valence-corrected chi connectivity index (χ2v) is 6.05. The lowest BCUT2D eigenvalue weighted by Crippen LogP contribution is -2.44. The molecule has 0 aromatic heterocycles. The second-order valence-electron chi connectivity index (χ2n) is 5.00. The van der Waals surface area contributed by atoms with E-state index in [0.29, 0.717) is 5.75 Å². The molecule has 0 bridgehead atoms. The molecule has 0 radical (unpaired) electrons. The van der Waals surface area contributed by atoms with E-state index in [-0.39, 0.29) is 23.7 Å². The fraction of sp³-hybridized carbons (Fsp3) is 0.467. The molecule has 1 aromatic rings. The van der Waals surface area contributed by atoms with Gasteiger partial charge in [0.05, 0.1) is 11.8 Å². The zero-order valence-electron chi connectivity index (χ0n) is 11.9. The molecular formula is C15H21NO2S. The predicted molar refractivity (Wildman–Crippen MR) is 79.4 cm³/mol. The third kappa shape index (κ3) is 5.47. The average Bonchev–Trinajstić information content (AvgIpc) is 2.34. The molecule has 0 saturated heterocycles. The molecule has 1 atom stereocenters. The summed E-state index contributed by atoms with van der Waals surface area (Å²) in [5.41, 5.74) is 1.20. The maximum atomic E-state index is 11.8. The molecule has 0 spiro atoms. The molecule has 1 N–H and O–H groups in total. The van der Waals surface area contributed by atoms with Crippen LogP contribution in [0.5, 0.6) is 0 Å². The smallest absolute Gasteiger partial charge is 0.230 e. The number of thioether (sulfide) groups is 1. The van der Waals surface area contributed by atoms with Crippen LogP contribution >= 0.6 is 11.8 Å². The van der Waals surface area contributed by atoms with E-state index < -0.39 is 0 Å². The fourth-order valence-electron chi connectivity index (χ4n) is 1.74. The van der Waals surface area contributed by atoms with Crippen molar-refractivity contribution in [3.8, 4) is 0 Å². The first-order valence-electron chi connectivity index (χ1n) is 6.39. The minimum atomic E-state index is -0.383. The van der Waals surface area contributed by atoms with E-state index in [1.165, 1.54) is 24.2 Å². The Labute approximate surface area is 119 Å². The second kappa shape index (κ2) is 7.34. The molecule has 0 saturated carbocycles. The number of aryl methyl sites for hydroxylation is 1. The molecule has 1 aromatic carbocycles. The minimum Gasteiger partial charge on any atom is -0.345 e. The Bertz CT molecular complexity index is 440. The lowest BCUT2D eigenvalue weighted by molar-refractivity contribution is -0.126. The summed E-state index contributed by atoms with van der Waals surface area (Å²) in [6.07, 6.45) is 0. The Morgan fingerprint density at radius 3 is 2.26 bits per heavy atom. The number of hydrogen-bond donors (Lipinski definition) is 1. The lowest BCUT2D eigenvalue weighted by atomic mass is 10.0. The highest BCUT2D eigenvalue weighted by molar-refractivity contribution is 8.00. The molecule has 0 aliphatic carbocycles. The van der Waals surface area contributed by atoms with E-state index in [1.54, 1.807) is 0 Å². The van der Waals surface area contributed by atoms with Crippen LogP contribution < -0.4 is 5.32 Å². The highest BCUT2D eigenvalue weighted by Crippen LogP contribution is 2.18. The van der Waals surface area contributed by atoms with Gasteiger partial charge in [0.1, 0.15) is 0 Å². The zero-order valence-corrected chi connectivity index (χ0v) is 12.7. The first kappa shape index (κ1) is 15.8. The minimum absolute atomic E-state index is 0.00341. The van der Waals surface area contributed by atoms with Gasteiger partial charge in [0.15, 0.2) is 5.78 Å². The van der Waals surface area contributed by atoms with Gasteiger partial charge in [-0.25, -0.2) is 0 Å². The number of benzene rings is 1. The Kier molecular flexibility index (Phi) is 6.09. The number of carbonyl (C=O) groups is 2. The van der Waals surface area contributed by atoms with Crippen LogP contribution in [0.4, 0.5) is 0 Å². The first-order chi connectivity index (χ1) is 8.90. The summed E-state index contributed by atoms with van der Waals surface area (Å²) >= 11 is 1.48. The molecule has 0 heterocycles. The predicted octanol–water partition coefficient (Wildman–Crippen LogP) is 2.82. The van der Waals surface area contributed by atoms with E-state index >= 15 is 0 Å². The van der Waals surface area contributed by atoms with Gasteiger partial charge < -0.3 is 5.32 Å². The molecule has 0 fully saturated rings. The largest absolute Gasteiger partial charge is 0.345 e. The Hall–Kier alpha value is -1.29. The lowest BCUT2D eigenvalue weighted by Gasteiger charge is -2.19. The third-order valence-corrected chi connectivity index (χ3v) is 3.82. The van der Waals surface area contributed by atoms with Crippen LogP contribution in [0, 0.1) is 12.8 Å². The van der Waals surface area contributed by atoms with Gasteiger partial charge in [-0.15, -0.1) is 11.8 Å². The van der Waals surface area contributed by atoms with Gasteiger partial charge in [-0.2, -0.15) is 0 Å². The van der Waals surface area contributed by atoms with E-state index in [0.717, 1.165) is 4.90 Å². The molecule has 1 amide bonds. The SMILES string of the molecule is CC(=O)C(NC(=O)CSc1ccc(C)cc1)C(C)C. The molecule has 1 rings (SSSR count). The standard InChI is InChI=1S/C15H21NO2S/c1-10(2)15(12(4)17)16-14(18)9-19-13-7-5-11(3)6-8-13/h5-8,10,15H,9H2,1-4H3,(H,16,18). The van der Waals surface area contributed by atoms with Crippen molar-refractivity contribution in [3.05, 3.63) is 29.8 Å². The topological polar surface area (TPSA) is 46.2 Å². The summed E-state index contributed by atoms with van der Waals surface area (Å²) in [6.45, 7) is 7.40. The van der Waals surface area contributed by atoms with Crippen molar-refractivity contribution >= 4 is 23.5 Å². The van der Waals surface area contributed by atoms with Crippen molar-refractivity contribution in [1.82, 2.24) is 5.32 Å². The maximum absolute atomic E-state index is 11.8. The number of ketones is 1. The van der Waals surface area contributed by atoms with Crippen LogP contribution in [0.15, 0.2) is 29.2 Å². The maximum Gasteiger partial charge on any atom is 0.230 e. The molecule has 4 heteroatoms. The van der Waals surface area contributed by atoms with Gasteiger partial charge in [-0.3, -0.25) is 9.59 Å². The molecule has 19 heavy (non-hydrogen) atoms. The van der Waals surface area contributed by atoms with E-state index in [9.17, 15) is 9.59 Å². The van der Waals surface area contributed by atoms with Crippen molar-refractivity contribution in [2.45, 2.75) is 38.6 Å². The van der Waals surface area contributed by atoms with Crippen molar-refractivity contribution in [1.29, 1.82) is 0 Å². The number of carbonyl (C=O) groups excluding carboxylic acids is 2. The van der Waals surface area contributed by atoms with Gasteiger partial charge in [0.25, 0.3) is 0 Å². The first-order valence-corrected chi connectivity index (χ1v) is 7.38. The molecular weight excluding hydrogens is 258 g/mol.